The third kappa shape index (κ3) is 6.70. The fraction of sp³-hybridized carbons (Fsp3) is 0. The van der Waals surface area contributed by atoms with E-state index in [1.165, 1.54) is 87.9 Å². The molecule has 12 rings (SSSR count). The molecule has 0 aliphatic heterocycles. The molecule has 0 fully saturated rings. The van der Waals surface area contributed by atoms with E-state index in [0.29, 0.717) is 0 Å². The van der Waals surface area contributed by atoms with Gasteiger partial charge in [-0.2, -0.15) is 0 Å². The first-order valence-electron chi connectivity index (χ1n) is 22.0. The molecule has 0 saturated heterocycles. The Hall–Kier alpha value is -8.46. The number of hydrogen-bond donors (Lipinski definition) is 0. The second-order valence-corrected chi connectivity index (χ2v) is 16.6. The van der Waals surface area contributed by atoms with Crippen molar-refractivity contribution in [1.29, 1.82) is 0 Å². The van der Waals surface area contributed by atoms with Crippen molar-refractivity contribution in [3.8, 4) is 50.2 Å². The van der Waals surface area contributed by atoms with E-state index in [1.807, 2.05) is 0 Å². The number of nitrogens with zero attached hydrogens (tertiary/aromatic N) is 2. The third-order valence-electron chi connectivity index (χ3n) is 12.8. The van der Waals surface area contributed by atoms with Gasteiger partial charge in [0.2, 0.25) is 0 Å². The Kier molecular flexibility index (Phi) is 9.20. The zero-order valence-corrected chi connectivity index (χ0v) is 35.1. The fourth-order valence-corrected chi connectivity index (χ4v) is 9.56. The zero-order valence-electron chi connectivity index (χ0n) is 35.1. The molecule has 0 bridgehead atoms. The van der Waals surface area contributed by atoms with Gasteiger partial charge in [0.15, 0.2) is 0 Å². The Labute approximate surface area is 373 Å². The van der Waals surface area contributed by atoms with Gasteiger partial charge in [0, 0.05) is 33.5 Å². The van der Waals surface area contributed by atoms with Crippen molar-refractivity contribution < 1.29 is 0 Å². The fourth-order valence-electron chi connectivity index (χ4n) is 9.56. The average Bonchev–Trinajstić information content (AvgIpc) is 3.71. The van der Waals surface area contributed by atoms with Gasteiger partial charge in [-0.05, 0) is 133 Å². The van der Waals surface area contributed by atoms with Crippen LogP contribution in [0.15, 0.2) is 255 Å². The minimum atomic E-state index is 1.09. The lowest BCUT2D eigenvalue weighted by Crippen LogP contribution is -2.10. The van der Waals surface area contributed by atoms with Gasteiger partial charge < -0.3 is 9.47 Å². The SMILES string of the molecule is c1ccc(-c2ccc(-c3ccc4cc(N(c5ccc(-c6ccc(-c7cccc8ccccc78)cc6)cc5)c5ccc(-n6c7ccccc7c7ccccc76)cc5)ccc4c3)cc2)cc1. The predicted molar refractivity (Wildman–Crippen MR) is 272 cm³/mol. The molecule has 0 aliphatic rings. The topological polar surface area (TPSA) is 8.17 Å². The minimum absolute atomic E-state index is 1.09. The summed E-state index contributed by atoms with van der Waals surface area (Å²) in [5.74, 6) is 0. The lowest BCUT2D eigenvalue weighted by Gasteiger charge is -2.26. The van der Waals surface area contributed by atoms with Crippen LogP contribution in [0.2, 0.25) is 0 Å². The van der Waals surface area contributed by atoms with Crippen molar-refractivity contribution in [2.75, 3.05) is 4.90 Å². The van der Waals surface area contributed by atoms with E-state index in [9.17, 15) is 0 Å². The van der Waals surface area contributed by atoms with Gasteiger partial charge in [-0.1, -0.05) is 188 Å². The molecule has 12 aromatic rings. The normalized spacial score (nSPS) is 11.4. The summed E-state index contributed by atoms with van der Waals surface area (Å²) in [5, 5.41) is 7.44. The summed E-state index contributed by atoms with van der Waals surface area (Å²) < 4.78 is 2.38. The second kappa shape index (κ2) is 15.8. The lowest BCUT2D eigenvalue weighted by molar-refractivity contribution is 1.17. The van der Waals surface area contributed by atoms with Crippen LogP contribution in [-0.2, 0) is 0 Å². The van der Waals surface area contributed by atoms with Crippen molar-refractivity contribution in [3.63, 3.8) is 0 Å². The van der Waals surface area contributed by atoms with Crippen molar-refractivity contribution in [3.05, 3.63) is 255 Å². The van der Waals surface area contributed by atoms with Crippen molar-refractivity contribution in [2.45, 2.75) is 0 Å². The molecule has 1 heterocycles. The zero-order chi connectivity index (χ0) is 42.4. The molecular formula is C62H42N2. The first kappa shape index (κ1) is 37.3. The summed E-state index contributed by atoms with van der Waals surface area (Å²) in [6.45, 7) is 0. The van der Waals surface area contributed by atoms with E-state index in [0.717, 1.165) is 22.7 Å². The van der Waals surface area contributed by atoms with Crippen LogP contribution in [0.3, 0.4) is 0 Å². The first-order chi connectivity index (χ1) is 31.7. The van der Waals surface area contributed by atoms with E-state index in [2.05, 4.69) is 264 Å². The number of para-hydroxylation sites is 2. The summed E-state index contributed by atoms with van der Waals surface area (Å²) in [6.07, 6.45) is 0. The molecule has 0 N–H and O–H groups in total. The van der Waals surface area contributed by atoms with Crippen molar-refractivity contribution >= 4 is 60.4 Å². The van der Waals surface area contributed by atoms with Crippen LogP contribution < -0.4 is 4.90 Å². The minimum Gasteiger partial charge on any atom is -0.310 e. The van der Waals surface area contributed by atoms with E-state index in [-0.39, 0.29) is 0 Å². The van der Waals surface area contributed by atoms with Crippen LogP contribution >= 0.6 is 0 Å². The van der Waals surface area contributed by atoms with Crippen LogP contribution in [0.5, 0.6) is 0 Å². The van der Waals surface area contributed by atoms with Crippen molar-refractivity contribution in [2.24, 2.45) is 0 Å². The summed E-state index contributed by atoms with van der Waals surface area (Å²) in [7, 11) is 0. The summed E-state index contributed by atoms with van der Waals surface area (Å²) in [6, 6.07) is 92.6. The molecule has 0 unspecified atom stereocenters. The highest BCUT2D eigenvalue weighted by molar-refractivity contribution is 6.09. The van der Waals surface area contributed by atoms with Gasteiger partial charge in [-0.3, -0.25) is 0 Å². The highest BCUT2D eigenvalue weighted by Gasteiger charge is 2.17. The van der Waals surface area contributed by atoms with Gasteiger partial charge in [0.1, 0.15) is 0 Å². The molecule has 0 spiro atoms. The van der Waals surface area contributed by atoms with Gasteiger partial charge in [0.05, 0.1) is 11.0 Å². The molecule has 0 radical (unpaired) electrons. The summed E-state index contributed by atoms with van der Waals surface area (Å²) >= 11 is 0. The third-order valence-corrected chi connectivity index (χ3v) is 12.8. The van der Waals surface area contributed by atoms with Crippen LogP contribution in [-0.4, -0.2) is 4.57 Å². The number of benzene rings is 11. The van der Waals surface area contributed by atoms with Crippen molar-refractivity contribution in [1.82, 2.24) is 4.57 Å². The summed E-state index contributed by atoms with van der Waals surface area (Å²) in [5.41, 5.74) is 16.5. The molecule has 1 aromatic heterocycles. The highest BCUT2D eigenvalue weighted by atomic mass is 15.1. The lowest BCUT2D eigenvalue weighted by atomic mass is 9.96. The maximum Gasteiger partial charge on any atom is 0.0541 e. The van der Waals surface area contributed by atoms with Crippen LogP contribution in [0.1, 0.15) is 0 Å². The van der Waals surface area contributed by atoms with E-state index >= 15 is 0 Å². The molecule has 64 heavy (non-hydrogen) atoms. The van der Waals surface area contributed by atoms with Gasteiger partial charge in [-0.25, -0.2) is 0 Å². The molecule has 300 valence electrons. The number of rotatable bonds is 8. The van der Waals surface area contributed by atoms with E-state index in [1.54, 1.807) is 0 Å². The second-order valence-electron chi connectivity index (χ2n) is 16.6. The van der Waals surface area contributed by atoms with Crippen LogP contribution in [0, 0.1) is 0 Å². The Balaban J connectivity index is 0.904. The Morgan fingerprint density at radius 3 is 1.34 bits per heavy atom. The Bertz CT molecular complexity index is 3560. The average molecular weight is 815 g/mol. The monoisotopic (exact) mass is 814 g/mol. The van der Waals surface area contributed by atoms with Gasteiger partial charge >= 0.3 is 0 Å². The maximum atomic E-state index is 2.38. The maximum absolute atomic E-state index is 2.38. The number of fused-ring (bicyclic) bond motifs is 5. The number of hydrogen-bond acceptors (Lipinski definition) is 1. The summed E-state index contributed by atoms with van der Waals surface area (Å²) in [4.78, 5) is 2.37. The standard InChI is InChI=1S/C62H42N2/c1-2-11-43(12-3-1)44-21-23-47(24-22-44)50-29-30-52-42-56(36-33-51(52)41-50)63(54-37-39-55(40-38-54)64-61-19-8-6-16-59(61)60-17-7-9-20-62(60)64)53-34-31-46(32-35-53)45-25-27-49(28-26-45)58-18-10-14-48-13-4-5-15-57(48)58/h1-42H. The van der Waals surface area contributed by atoms with E-state index < -0.39 is 0 Å². The van der Waals surface area contributed by atoms with Crippen LogP contribution in [0.4, 0.5) is 17.1 Å². The predicted octanol–water partition coefficient (Wildman–Crippen LogP) is 17.2. The molecule has 0 saturated carbocycles. The number of anilines is 3. The molecule has 0 atom stereocenters. The molecule has 0 amide bonds. The molecule has 2 heteroatoms. The largest absolute Gasteiger partial charge is 0.310 e. The molecule has 11 aromatic carbocycles. The Morgan fingerprint density at radius 2 is 0.688 bits per heavy atom. The molecule has 2 nitrogen and oxygen atoms in total. The molecule has 0 aliphatic carbocycles. The van der Waals surface area contributed by atoms with Crippen LogP contribution in [0.25, 0.3) is 93.5 Å². The van der Waals surface area contributed by atoms with Gasteiger partial charge in [-0.15, -0.1) is 0 Å². The molecular weight excluding hydrogens is 773 g/mol. The van der Waals surface area contributed by atoms with E-state index in [4.69, 9.17) is 0 Å². The van der Waals surface area contributed by atoms with Gasteiger partial charge in [0.25, 0.3) is 0 Å². The Morgan fingerprint density at radius 1 is 0.250 bits per heavy atom. The smallest absolute Gasteiger partial charge is 0.0541 e. The first-order valence-corrected chi connectivity index (χ1v) is 22.0. The highest BCUT2D eigenvalue weighted by Crippen LogP contribution is 2.40. The number of aromatic nitrogens is 1. The quantitative estimate of drug-likeness (QED) is 0.148.